The smallest absolute Gasteiger partial charge is 0.426 e. The molecule has 0 heterocycles. The number of hydrogen-bond donors (Lipinski definition) is 3. The van der Waals surface area contributed by atoms with Crippen molar-refractivity contribution in [2.45, 2.75) is 6.92 Å². The number of amides is 2. The monoisotopic (exact) mass is 258 g/mol. The zero-order valence-electron chi connectivity index (χ0n) is 8.99. The minimum absolute atomic E-state index is 0.0469. The highest BCUT2D eigenvalue weighted by molar-refractivity contribution is 6.31. The fraction of sp³-hybridized carbons (Fsp3) is 0.200. The van der Waals surface area contributed by atoms with Crippen LogP contribution in [0.25, 0.3) is 0 Å². The quantitative estimate of drug-likeness (QED) is 0.701. The summed E-state index contributed by atoms with van der Waals surface area (Å²) in [5, 5.41) is 9.71. The van der Waals surface area contributed by atoms with Crippen molar-refractivity contribution in [2.75, 3.05) is 6.61 Å². The Kier molecular flexibility index (Phi) is 4.59. The van der Waals surface area contributed by atoms with E-state index in [2.05, 4.69) is 10.2 Å². The third kappa shape index (κ3) is 3.84. The molecule has 1 aromatic carbocycles. The van der Waals surface area contributed by atoms with Crippen LogP contribution in [0.15, 0.2) is 18.2 Å². The number of hydrogen-bond acceptors (Lipinski definition) is 4. The van der Waals surface area contributed by atoms with Gasteiger partial charge in [-0.05, 0) is 25.1 Å². The van der Waals surface area contributed by atoms with E-state index in [1.54, 1.807) is 6.92 Å². The third-order valence-electron chi connectivity index (χ3n) is 1.76. The third-order valence-corrected chi connectivity index (χ3v) is 1.99. The number of aromatic hydroxyl groups is 1. The van der Waals surface area contributed by atoms with Crippen LogP contribution in [0.1, 0.15) is 17.3 Å². The maximum absolute atomic E-state index is 11.5. The fourth-order valence-corrected chi connectivity index (χ4v) is 1.20. The van der Waals surface area contributed by atoms with Gasteiger partial charge in [0, 0.05) is 5.02 Å². The maximum atomic E-state index is 11.5. The zero-order chi connectivity index (χ0) is 12.8. The van der Waals surface area contributed by atoms with Crippen molar-refractivity contribution in [2.24, 2.45) is 0 Å². The van der Waals surface area contributed by atoms with Crippen molar-refractivity contribution in [1.29, 1.82) is 0 Å². The molecular weight excluding hydrogens is 248 g/mol. The normalized spacial score (nSPS) is 9.53. The molecule has 0 aliphatic heterocycles. The first-order valence-electron chi connectivity index (χ1n) is 4.76. The molecular formula is C10H11ClN2O4. The van der Waals surface area contributed by atoms with Crippen LogP contribution in [0, 0.1) is 0 Å². The van der Waals surface area contributed by atoms with Crippen LogP contribution in [0.3, 0.4) is 0 Å². The lowest BCUT2D eigenvalue weighted by Gasteiger charge is -2.08. The van der Waals surface area contributed by atoms with Gasteiger partial charge in [-0.2, -0.15) is 0 Å². The molecule has 2 amide bonds. The van der Waals surface area contributed by atoms with Crippen molar-refractivity contribution < 1.29 is 19.4 Å². The first-order valence-corrected chi connectivity index (χ1v) is 5.14. The highest BCUT2D eigenvalue weighted by Gasteiger charge is 2.12. The van der Waals surface area contributed by atoms with E-state index in [0.717, 1.165) is 0 Å². The summed E-state index contributed by atoms with van der Waals surface area (Å²) in [5.74, 6) is -0.935. The van der Waals surface area contributed by atoms with E-state index in [9.17, 15) is 14.7 Å². The number of carbonyl (C=O) groups is 2. The van der Waals surface area contributed by atoms with Gasteiger partial charge in [0.15, 0.2) is 0 Å². The second-order valence-electron chi connectivity index (χ2n) is 2.96. The number of ether oxygens (including phenoxy) is 1. The maximum Gasteiger partial charge on any atom is 0.426 e. The van der Waals surface area contributed by atoms with Crippen molar-refractivity contribution in [1.82, 2.24) is 10.9 Å². The van der Waals surface area contributed by atoms with E-state index < -0.39 is 12.0 Å². The average Bonchev–Trinajstić information content (AvgIpc) is 2.29. The van der Waals surface area contributed by atoms with Crippen molar-refractivity contribution in [3.05, 3.63) is 28.8 Å². The molecule has 0 bridgehead atoms. The number of rotatable bonds is 2. The van der Waals surface area contributed by atoms with Gasteiger partial charge in [0.25, 0.3) is 5.91 Å². The Bertz CT molecular complexity index is 436. The average molecular weight is 259 g/mol. The summed E-state index contributed by atoms with van der Waals surface area (Å²) in [6, 6.07) is 3.99. The Hall–Kier alpha value is -1.95. The van der Waals surface area contributed by atoms with Crippen molar-refractivity contribution in [3.8, 4) is 5.75 Å². The molecule has 0 radical (unpaired) electrons. The largest absolute Gasteiger partial charge is 0.507 e. The van der Waals surface area contributed by atoms with E-state index in [-0.39, 0.29) is 17.9 Å². The molecule has 92 valence electrons. The zero-order valence-corrected chi connectivity index (χ0v) is 9.75. The second-order valence-corrected chi connectivity index (χ2v) is 3.40. The Morgan fingerprint density at radius 1 is 1.41 bits per heavy atom. The summed E-state index contributed by atoms with van der Waals surface area (Å²) < 4.78 is 4.53. The van der Waals surface area contributed by atoms with Gasteiger partial charge in [-0.25, -0.2) is 10.2 Å². The number of phenolic OH excluding ortho intramolecular Hbond substituents is 1. The Morgan fingerprint density at radius 2 is 2.12 bits per heavy atom. The van der Waals surface area contributed by atoms with Crippen LogP contribution in [-0.4, -0.2) is 23.7 Å². The molecule has 17 heavy (non-hydrogen) atoms. The molecule has 0 saturated carbocycles. The molecule has 0 saturated heterocycles. The number of halogens is 1. The molecule has 0 aliphatic carbocycles. The number of benzene rings is 1. The molecule has 0 fully saturated rings. The predicted octanol–water partition coefficient (Wildman–Crippen LogP) is 1.44. The van der Waals surface area contributed by atoms with Gasteiger partial charge >= 0.3 is 6.09 Å². The van der Waals surface area contributed by atoms with Crippen molar-refractivity contribution >= 4 is 23.6 Å². The predicted molar refractivity (Wildman–Crippen MR) is 60.7 cm³/mol. The highest BCUT2D eigenvalue weighted by Crippen LogP contribution is 2.20. The molecule has 0 spiro atoms. The van der Waals surface area contributed by atoms with Crippen LogP contribution >= 0.6 is 11.6 Å². The molecule has 0 atom stereocenters. The standard InChI is InChI=1S/C10H11ClN2O4/c1-2-17-10(16)13-12-9(15)7-5-6(11)3-4-8(7)14/h3-5,14H,2H2,1H3,(H,12,15)(H,13,16). The summed E-state index contributed by atoms with van der Waals surface area (Å²) in [7, 11) is 0. The van der Waals surface area contributed by atoms with Gasteiger partial charge in [-0.3, -0.25) is 10.2 Å². The van der Waals surface area contributed by atoms with E-state index in [4.69, 9.17) is 11.6 Å². The number of phenols is 1. The van der Waals surface area contributed by atoms with Gasteiger partial charge in [0.1, 0.15) is 5.75 Å². The van der Waals surface area contributed by atoms with Crippen LogP contribution in [-0.2, 0) is 4.74 Å². The molecule has 7 heteroatoms. The van der Waals surface area contributed by atoms with Crippen LogP contribution in [0.5, 0.6) is 5.75 Å². The Labute approximate surface area is 102 Å². The second kappa shape index (κ2) is 5.95. The van der Waals surface area contributed by atoms with Gasteiger partial charge in [-0.15, -0.1) is 0 Å². The molecule has 0 aromatic heterocycles. The Morgan fingerprint density at radius 3 is 2.76 bits per heavy atom. The van der Waals surface area contributed by atoms with Gasteiger partial charge in [-0.1, -0.05) is 11.6 Å². The molecule has 1 aromatic rings. The highest BCUT2D eigenvalue weighted by atomic mass is 35.5. The SMILES string of the molecule is CCOC(=O)NNC(=O)c1cc(Cl)ccc1O. The lowest BCUT2D eigenvalue weighted by molar-refractivity contribution is 0.0910. The van der Waals surface area contributed by atoms with E-state index in [1.807, 2.05) is 5.43 Å². The lowest BCUT2D eigenvalue weighted by Crippen LogP contribution is -2.41. The number of nitrogens with one attached hydrogen (secondary N) is 2. The van der Waals surface area contributed by atoms with Gasteiger partial charge in [0.05, 0.1) is 12.2 Å². The minimum Gasteiger partial charge on any atom is -0.507 e. The minimum atomic E-state index is -0.789. The van der Waals surface area contributed by atoms with Gasteiger partial charge < -0.3 is 9.84 Å². The molecule has 1 rings (SSSR count). The van der Waals surface area contributed by atoms with Crippen LogP contribution < -0.4 is 10.9 Å². The molecule has 0 unspecified atom stereocenters. The van der Waals surface area contributed by atoms with Crippen LogP contribution in [0.2, 0.25) is 5.02 Å². The first kappa shape index (κ1) is 13.1. The van der Waals surface area contributed by atoms with Gasteiger partial charge in [0.2, 0.25) is 0 Å². The summed E-state index contributed by atoms with van der Waals surface area (Å²) in [6.07, 6.45) is -0.789. The van der Waals surface area contributed by atoms with Crippen LogP contribution in [0.4, 0.5) is 4.79 Å². The Balaban J connectivity index is 2.64. The summed E-state index contributed by atoms with van der Waals surface area (Å²) in [4.78, 5) is 22.4. The summed E-state index contributed by atoms with van der Waals surface area (Å²) >= 11 is 5.67. The summed E-state index contributed by atoms with van der Waals surface area (Å²) in [6.45, 7) is 1.81. The topological polar surface area (TPSA) is 87.7 Å². The fourth-order valence-electron chi connectivity index (χ4n) is 1.03. The molecule has 6 nitrogen and oxygen atoms in total. The van der Waals surface area contributed by atoms with E-state index in [1.165, 1.54) is 18.2 Å². The molecule has 3 N–H and O–H groups in total. The van der Waals surface area contributed by atoms with E-state index in [0.29, 0.717) is 5.02 Å². The van der Waals surface area contributed by atoms with Crippen molar-refractivity contribution in [3.63, 3.8) is 0 Å². The molecule has 0 aliphatic rings. The number of hydrazine groups is 1. The lowest BCUT2D eigenvalue weighted by atomic mass is 10.2. The number of carbonyl (C=O) groups excluding carboxylic acids is 2. The van der Waals surface area contributed by atoms with E-state index >= 15 is 0 Å². The first-order chi connectivity index (χ1) is 8.04. The summed E-state index contributed by atoms with van der Waals surface area (Å²) in [5.41, 5.74) is 4.04.